The van der Waals surface area contributed by atoms with Crippen molar-refractivity contribution in [2.45, 2.75) is 58.9 Å². The van der Waals surface area contributed by atoms with Crippen molar-refractivity contribution in [3.8, 4) is 0 Å². The largest absolute Gasteiger partial charge is 0.379 e. The van der Waals surface area contributed by atoms with Crippen LogP contribution < -0.4 is 10.6 Å². The number of nitrogens with zero attached hydrogens (tertiary/aromatic N) is 3. The van der Waals surface area contributed by atoms with Gasteiger partial charge < -0.3 is 10.1 Å². The molecule has 1 aromatic rings. The number of amides is 2. The molecular weight excluding hydrogens is 330 g/mol. The Morgan fingerprint density at radius 1 is 1.19 bits per heavy atom. The van der Waals surface area contributed by atoms with E-state index >= 15 is 0 Å². The van der Waals surface area contributed by atoms with Crippen LogP contribution >= 0.6 is 0 Å². The van der Waals surface area contributed by atoms with Crippen LogP contribution in [0, 0.1) is 0 Å². The number of morpholine rings is 1. The second-order valence-corrected chi connectivity index (χ2v) is 8.94. The molecular formula is C19H35N5O2. The van der Waals surface area contributed by atoms with Crippen LogP contribution in [0.2, 0.25) is 0 Å². The molecule has 0 aliphatic carbocycles. The van der Waals surface area contributed by atoms with Gasteiger partial charge in [-0.15, -0.1) is 0 Å². The molecule has 7 nitrogen and oxygen atoms in total. The highest BCUT2D eigenvalue weighted by atomic mass is 16.5. The molecule has 2 N–H and O–H groups in total. The van der Waals surface area contributed by atoms with Gasteiger partial charge in [-0.05, 0) is 33.7 Å². The lowest BCUT2D eigenvalue weighted by Crippen LogP contribution is -2.38. The summed E-state index contributed by atoms with van der Waals surface area (Å²) in [5, 5.41) is 10.6. The van der Waals surface area contributed by atoms with E-state index in [1.165, 1.54) is 0 Å². The minimum absolute atomic E-state index is 0.0679. The van der Waals surface area contributed by atoms with Crippen molar-refractivity contribution in [3.63, 3.8) is 0 Å². The fourth-order valence-electron chi connectivity index (χ4n) is 2.84. The summed E-state index contributed by atoms with van der Waals surface area (Å²) in [4.78, 5) is 14.7. The summed E-state index contributed by atoms with van der Waals surface area (Å²) in [6.45, 7) is 17.8. The zero-order valence-corrected chi connectivity index (χ0v) is 17.2. The molecule has 7 heteroatoms. The summed E-state index contributed by atoms with van der Waals surface area (Å²) in [5.74, 6) is 0.730. The normalized spacial score (nSPS) is 16.5. The molecule has 1 saturated heterocycles. The molecule has 0 atom stereocenters. The number of aromatic nitrogens is 2. The van der Waals surface area contributed by atoms with Gasteiger partial charge in [-0.1, -0.05) is 20.8 Å². The SMILES string of the molecule is CC(C)(C)c1cc(NC(=O)NCCCN2CCOCC2)n(C(C)(C)C)n1. The average molecular weight is 366 g/mol. The first-order valence-corrected chi connectivity index (χ1v) is 9.53. The Morgan fingerprint density at radius 2 is 1.85 bits per heavy atom. The average Bonchev–Trinajstić information content (AvgIpc) is 2.97. The molecule has 0 bridgehead atoms. The first-order valence-electron chi connectivity index (χ1n) is 9.53. The highest BCUT2D eigenvalue weighted by Gasteiger charge is 2.25. The second kappa shape index (κ2) is 8.39. The zero-order chi connectivity index (χ0) is 19.4. The van der Waals surface area contributed by atoms with Crippen LogP contribution in [0.25, 0.3) is 0 Å². The molecule has 1 aromatic heterocycles. The number of urea groups is 1. The number of carbonyl (C=O) groups is 1. The van der Waals surface area contributed by atoms with E-state index in [1.807, 2.05) is 10.7 Å². The summed E-state index contributed by atoms with van der Waals surface area (Å²) in [6, 6.07) is 1.79. The molecule has 1 fully saturated rings. The molecule has 1 aliphatic rings. The molecule has 148 valence electrons. The van der Waals surface area contributed by atoms with Gasteiger partial charge in [0.2, 0.25) is 0 Å². The predicted molar refractivity (Wildman–Crippen MR) is 105 cm³/mol. The fraction of sp³-hybridized carbons (Fsp3) is 0.789. The third-order valence-corrected chi connectivity index (χ3v) is 4.40. The highest BCUT2D eigenvalue weighted by Crippen LogP contribution is 2.28. The molecule has 2 rings (SSSR count). The van der Waals surface area contributed by atoms with Gasteiger partial charge in [-0.2, -0.15) is 5.10 Å². The molecule has 0 radical (unpaired) electrons. The maximum atomic E-state index is 12.3. The molecule has 0 saturated carbocycles. The standard InChI is InChI=1S/C19H35N5O2/c1-18(2,3)15-14-16(24(22-15)19(4,5)6)21-17(25)20-8-7-9-23-10-12-26-13-11-23/h14H,7-13H2,1-6H3,(H2,20,21,25). The lowest BCUT2D eigenvalue weighted by Gasteiger charge is -2.26. The molecule has 2 heterocycles. The van der Waals surface area contributed by atoms with Gasteiger partial charge in [0.25, 0.3) is 0 Å². The number of anilines is 1. The maximum Gasteiger partial charge on any atom is 0.320 e. The minimum atomic E-state index is -0.206. The van der Waals surface area contributed by atoms with Gasteiger partial charge in [0, 0.05) is 31.1 Å². The maximum absolute atomic E-state index is 12.3. The van der Waals surface area contributed by atoms with Crippen molar-refractivity contribution in [2.24, 2.45) is 0 Å². The number of ether oxygens (including phenoxy) is 1. The summed E-state index contributed by atoms with van der Waals surface area (Å²) in [6.07, 6.45) is 0.930. The van der Waals surface area contributed by atoms with Crippen molar-refractivity contribution >= 4 is 11.8 Å². The molecule has 0 spiro atoms. The predicted octanol–water partition coefficient (Wildman–Crippen LogP) is 2.78. The number of nitrogens with one attached hydrogen (secondary N) is 2. The van der Waals surface area contributed by atoms with Crippen LogP contribution in [0.4, 0.5) is 10.6 Å². The summed E-state index contributed by atoms with van der Waals surface area (Å²) in [7, 11) is 0. The van der Waals surface area contributed by atoms with Crippen LogP contribution in [0.3, 0.4) is 0 Å². The molecule has 2 amide bonds. The lowest BCUT2D eigenvalue weighted by molar-refractivity contribution is 0.0375. The highest BCUT2D eigenvalue weighted by molar-refractivity contribution is 5.88. The Bertz CT molecular complexity index is 592. The van der Waals surface area contributed by atoms with E-state index < -0.39 is 0 Å². The van der Waals surface area contributed by atoms with E-state index in [0.29, 0.717) is 6.54 Å². The van der Waals surface area contributed by atoms with Crippen molar-refractivity contribution < 1.29 is 9.53 Å². The molecule has 0 aromatic carbocycles. The van der Waals surface area contributed by atoms with Gasteiger partial charge in [-0.25, -0.2) is 9.48 Å². The molecule has 1 aliphatic heterocycles. The summed E-state index contributed by atoms with van der Waals surface area (Å²) < 4.78 is 7.24. The van der Waals surface area contributed by atoms with Crippen molar-refractivity contribution in [1.82, 2.24) is 20.0 Å². The quantitative estimate of drug-likeness (QED) is 0.787. The monoisotopic (exact) mass is 365 g/mol. The van der Waals surface area contributed by atoms with E-state index in [1.54, 1.807) is 0 Å². The third kappa shape index (κ3) is 5.99. The van der Waals surface area contributed by atoms with E-state index in [4.69, 9.17) is 9.84 Å². The fourth-order valence-corrected chi connectivity index (χ4v) is 2.84. The van der Waals surface area contributed by atoms with Gasteiger partial charge in [-0.3, -0.25) is 10.2 Å². The first-order chi connectivity index (χ1) is 12.1. The first kappa shape index (κ1) is 20.7. The third-order valence-electron chi connectivity index (χ3n) is 4.40. The summed E-state index contributed by atoms with van der Waals surface area (Å²) in [5.41, 5.74) is 0.694. The van der Waals surface area contributed by atoms with Crippen LogP contribution in [0.15, 0.2) is 6.07 Å². The number of rotatable bonds is 5. The molecule has 0 unspecified atom stereocenters. The van der Waals surface area contributed by atoms with Crippen molar-refractivity contribution in [1.29, 1.82) is 0 Å². The lowest BCUT2D eigenvalue weighted by atomic mass is 9.92. The van der Waals surface area contributed by atoms with E-state index in [0.717, 1.165) is 50.8 Å². The number of carbonyl (C=O) groups excluding carboxylic acids is 1. The Balaban J connectivity index is 1.88. The molecule has 26 heavy (non-hydrogen) atoms. The second-order valence-electron chi connectivity index (χ2n) is 8.94. The van der Waals surface area contributed by atoms with Crippen molar-refractivity contribution in [2.75, 3.05) is 44.7 Å². The van der Waals surface area contributed by atoms with E-state index in [9.17, 15) is 4.79 Å². The Morgan fingerprint density at radius 3 is 2.42 bits per heavy atom. The minimum Gasteiger partial charge on any atom is -0.379 e. The van der Waals surface area contributed by atoms with Crippen LogP contribution in [-0.2, 0) is 15.7 Å². The Kier molecular flexibility index (Phi) is 6.69. The van der Waals surface area contributed by atoms with Gasteiger partial charge in [0.05, 0.1) is 24.4 Å². The number of hydrogen-bond acceptors (Lipinski definition) is 4. The van der Waals surface area contributed by atoms with Crippen LogP contribution in [-0.4, -0.2) is 60.1 Å². The smallest absolute Gasteiger partial charge is 0.320 e. The van der Waals surface area contributed by atoms with E-state index in [-0.39, 0.29) is 17.0 Å². The number of hydrogen-bond donors (Lipinski definition) is 2. The zero-order valence-electron chi connectivity index (χ0n) is 17.2. The van der Waals surface area contributed by atoms with Crippen molar-refractivity contribution in [3.05, 3.63) is 11.8 Å². The Hall–Kier alpha value is -1.60. The van der Waals surface area contributed by atoms with Gasteiger partial charge in [0.15, 0.2) is 0 Å². The van der Waals surface area contributed by atoms with Crippen LogP contribution in [0.1, 0.15) is 53.7 Å². The van der Waals surface area contributed by atoms with Crippen LogP contribution in [0.5, 0.6) is 0 Å². The topological polar surface area (TPSA) is 71.4 Å². The summed E-state index contributed by atoms with van der Waals surface area (Å²) >= 11 is 0. The van der Waals surface area contributed by atoms with Gasteiger partial charge in [0.1, 0.15) is 5.82 Å². The van der Waals surface area contributed by atoms with E-state index in [2.05, 4.69) is 57.1 Å². The van der Waals surface area contributed by atoms with Gasteiger partial charge >= 0.3 is 6.03 Å². The Labute approximate surface area is 157 Å².